The van der Waals surface area contributed by atoms with Crippen molar-refractivity contribution in [3.63, 3.8) is 0 Å². The molecule has 0 spiro atoms. The summed E-state index contributed by atoms with van der Waals surface area (Å²) >= 11 is 0. The minimum atomic E-state index is -0.221. The van der Waals surface area contributed by atoms with Crippen molar-refractivity contribution in [2.24, 2.45) is 5.92 Å². The minimum Gasteiger partial charge on any atom is -0.400 e. The maximum atomic E-state index is 6.03. The lowest BCUT2D eigenvalue weighted by molar-refractivity contribution is 0.00578. The fourth-order valence-corrected chi connectivity index (χ4v) is 2.87. The predicted molar refractivity (Wildman–Crippen MR) is 76.4 cm³/mol. The Bertz CT molecular complexity index is 311. The zero-order chi connectivity index (χ0) is 13.4. The molecule has 2 nitrogen and oxygen atoms in total. The fraction of sp³-hybridized carbons (Fsp3) is 0.867. The molecule has 0 radical (unpaired) electrons. The van der Waals surface area contributed by atoms with Gasteiger partial charge in [-0.3, -0.25) is 0 Å². The Morgan fingerprint density at radius 3 is 2.00 bits per heavy atom. The average Bonchev–Trinajstić information content (AvgIpc) is 2.48. The Morgan fingerprint density at radius 2 is 1.50 bits per heavy atom. The molecule has 0 amide bonds. The first-order valence-electron chi connectivity index (χ1n) is 7.36. The largest absolute Gasteiger partial charge is 0.487 e. The van der Waals surface area contributed by atoms with Crippen LogP contribution < -0.4 is 0 Å². The van der Waals surface area contributed by atoms with Crippen LogP contribution in [0.5, 0.6) is 0 Å². The fourth-order valence-electron chi connectivity index (χ4n) is 2.87. The number of allylic oxidation sites excluding steroid dienone is 1. The molecule has 2 aliphatic rings. The van der Waals surface area contributed by atoms with Gasteiger partial charge in [-0.15, -0.1) is 0 Å². The van der Waals surface area contributed by atoms with E-state index in [1.54, 1.807) is 0 Å². The Balaban J connectivity index is 2.01. The molecule has 1 aliphatic carbocycles. The normalized spacial score (nSPS) is 28.7. The first kappa shape index (κ1) is 14.1. The van der Waals surface area contributed by atoms with Gasteiger partial charge in [-0.25, -0.2) is 0 Å². The van der Waals surface area contributed by atoms with Crippen LogP contribution in [0, 0.1) is 5.92 Å². The van der Waals surface area contributed by atoms with Crippen LogP contribution >= 0.6 is 0 Å². The van der Waals surface area contributed by atoms with Gasteiger partial charge < -0.3 is 9.31 Å². The van der Waals surface area contributed by atoms with Crippen LogP contribution in [0.4, 0.5) is 0 Å². The smallest absolute Gasteiger partial charge is 0.400 e. The van der Waals surface area contributed by atoms with Crippen LogP contribution in [0.2, 0.25) is 0 Å². The van der Waals surface area contributed by atoms with Gasteiger partial charge in [0, 0.05) is 0 Å². The van der Waals surface area contributed by atoms with Crippen LogP contribution in [-0.4, -0.2) is 18.3 Å². The monoisotopic (exact) mass is 250 g/mol. The summed E-state index contributed by atoms with van der Waals surface area (Å²) in [6.07, 6.45) is 6.82. The van der Waals surface area contributed by atoms with Crippen LogP contribution in [0.3, 0.4) is 0 Å². The summed E-state index contributed by atoms with van der Waals surface area (Å²) in [5.74, 6) is 2.95. The van der Waals surface area contributed by atoms with Gasteiger partial charge in [0.2, 0.25) is 0 Å². The lowest BCUT2D eigenvalue weighted by Crippen LogP contribution is -2.41. The second-order valence-corrected chi connectivity index (χ2v) is 6.87. The van der Waals surface area contributed by atoms with Crippen molar-refractivity contribution in [2.75, 3.05) is 0 Å². The van der Waals surface area contributed by atoms with E-state index < -0.39 is 0 Å². The standard InChI is InChI=1S/C15H27BO2/c1-12(13-9-7-6-8-10-13)11-16-17-14(2,3)15(4,5)18-16/h11,13H,6-10H2,1-5H3. The second kappa shape index (κ2) is 5.01. The molecule has 0 bridgehead atoms. The third-order valence-corrected chi connectivity index (χ3v) is 4.92. The third kappa shape index (κ3) is 2.83. The summed E-state index contributed by atoms with van der Waals surface area (Å²) in [6.45, 7) is 10.7. The highest BCUT2D eigenvalue weighted by Crippen LogP contribution is 2.38. The topological polar surface area (TPSA) is 18.5 Å². The Labute approximate surface area is 112 Å². The van der Waals surface area contributed by atoms with E-state index in [1.165, 1.54) is 37.7 Å². The molecular weight excluding hydrogens is 223 g/mol. The molecule has 18 heavy (non-hydrogen) atoms. The molecule has 0 N–H and O–H groups in total. The van der Waals surface area contributed by atoms with Crippen molar-refractivity contribution in [1.29, 1.82) is 0 Å². The van der Waals surface area contributed by atoms with Crippen molar-refractivity contribution in [2.45, 2.75) is 77.9 Å². The highest BCUT2D eigenvalue weighted by molar-refractivity contribution is 6.51. The van der Waals surface area contributed by atoms with Gasteiger partial charge in [0.05, 0.1) is 11.2 Å². The molecule has 2 fully saturated rings. The van der Waals surface area contributed by atoms with Gasteiger partial charge in [0.15, 0.2) is 0 Å². The zero-order valence-electron chi connectivity index (χ0n) is 12.6. The molecule has 0 aromatic rings. The van der Waals surface area contributed by atoms with E-state index in [-0.39, 0.29) is 18.3 Å². The molecule has 1 saturated carbocycles. The van der Waals surface area contributed by atoms with Crippen LogP contribution in [-0.2, 0) is 9.31 Å². The summed E-state index contributed by atoms with van der Waals surface area (Å²) in [7, 11) is -0.170. The molecule has 0 aromatic heterocycles. The van der Waals surface area contributed by atoms with E-state index in [9.17, 15) is 0 Å². The molecular formula is C15H27BO2. The maximum Gasteiger partial charge on any atom is 0.487 e. The van der Waals surface area contributed by atoms with Crippen molar-refractivity contribution in [3.05, 3.63) is 11.5 Å². The molecule has 0 unspecified atom stereocenters. The maximum absolute atomic E-state index is 6.03. The third-order valence-electron chi connectivity index (χ3n) is 4.92. The first-order chi connectivity index (χ1) is 8.32. The Kier molecular flexibility index (Phi) is 3.94. The van der Waals surface area contributed by atoms with Gasteiger partial charge in [0.1, 0.15) is 0 Å². The average molecular weight is 250 g/mol. The highest BCUT2D eigenvalue weighted by Gasteiger charge is 2.50. The Morgan fingerprint density at radius 1 is 1.00 bits per heavy atom. The Hall–Kier alpha value is -0.275. The van der Waals surface area contributed by atoms with Gasteiger partial charge in [-0.1, -0.05) is 30.8 Å². The number of rotatable bonds is 2. The molecule has 2 rings (SSSR count). The number of hydrogen-bond acceptors (Lipinski definition) is 2. The quantitative estimate of drug-likeness (QED) is 0.685. The van der Waals surface area contributed by atoms with Gasteiger partial charge in [-0.05, 0) is 53.4 Å². The van der Waals surface area contributed by atoms with Crippen molar-refractivity contribution in [3.8, 4) is 0 Å². The summed E-state index contributed by atoms with van der Waals surface area (Å²) in [5, 5.41) is 0. The molecule has 102 valence electrons. The minimum absolute atomic E-state index is 0.170. The SMILES string of the molecule is CC(=CB1OC(C)(C)C(C)(C)O1)C1CCCCC1. The number of hydrogen-bond donors (Lipinski definition) is 0. The lowest BCUT2D eigenvalue weighted by Gasteiger charge is -2.32. The van der Waals surface area contributed by atoms with E-state index in [0.717, 1.165) is 5.92 Å². The summed E-state index contributed by atoms with van der Waals surface area (Å²) in [4.78, 5) is 0. The van der Waals surface area contributed by atoms with Crippen LogP contribution in [0.1, 0.15) is 66.7 Å². The van der Waals surface area contributed by atoms with E-state index in [1.807, 2.05) is 0 Å². The highest BCUT2D eigenvalue weighted by atomic mass is 16.7. The molecule has 1 saturated heterocycles. The molecule has 3 heteroatoms. The first-order valence-corrected chi connectivity index (χ1v) is 7.36. The van der Waals surface area contributed by atoms with Crippen LogP contribution in [0.25, 0.3) is 0 Å². The van der Waals surface area contributed by atoms with Crippen molar-refractivity contribution in [1.82, 2.24) is 0 Å². The van der Waals surface area contributed by atoms with Crippen LogP contribution in [0.15, 0.2) is 11.5 Å². The summed E-state index contributed by atoms with van der Waals surface area (Å²) in [5.41, 5.74) is 1.01. The van der Waals surface area contributed by atoms with E-state index in [2.05, 4.69) is 40.6 Å². The molecule has 1 heterocycles. The molecule has 1 aliphatic heterocycles. The van der Waals surface area contributed by atoms with Crippen molar-refractivity contribution < 1.29 is 9.31 Å². The van der Waals surface area contributed by atoms with E-state index in [0.29, 0.717) is 0 Å². The second-order valence-electron chi connectivity index (χ2n) is 6.87. The summed E-state index contributed by atoms with van der Waals surface area (Å²) in [6, 6.07) is 0. The zero-order valence-corrected chi connectivity index (χ0v) is 12.6. The summed E-state index contributed by atoms with van der Waals surface area (Å²) < 4.78 is 12.1. The van der Waals surface area contributed by atoms with Crippen molar-refractivity contribution >= 4 is 7.12 Å². The van der Waals surface area contributed by atoms with E-state index in [4.69, 9.17) is 9.31 Å². The van der Waals surface area contributed by atoms with Gasteiger partial charge >= 0.3 is 7.12 Å². The van der Waals surface area contributed by atoms with Gasteiger partial charge in [0.25, 0.3) is 0 Å². The lowest BCUT2D eigenvalue weighted by atomic mass is 9.78. The molecule has 0 atom stereocenters. The van der Waals surface area contributed by atoms with Gasteiger partial charge in [-0.2, -0.15) is 0 Å². The predicted octanol–water partition coefficient (Wildman–Crippen LogP) is 4.14. The van der Waals surface area contributed by atoms with E-state index >= 15 is 0 Å². The molecule has 0 aromatic carbocycles.